The van der Waals surface area contributed by atoms with E-state index in [9.17, 15) is 10.1 Å². The van der Waals surface area contributed by atoms with Gasteiger partial charge in [0.25, 0.3) is 5.91 Å². The monoisotopic (exact) mass is 464 g/mol. The molecule has 1 aromatic carbocycles. The van der Waals surface area contributed by atoms with Crippen LogP contribution in [0.5, 0.6) is 5.75 Å². The Hall–Kier alpha value is -3.68. The molecule has 0 atom stereocenters. The first-order valence-corrected chi connectivity index (χ1v) is 11.4. The number of benzene rings is 1. The minimum Gasteiger partial charge on any atom is -0.496 e. The molecule has 3 heterocycles. The number of amides is 1. The fourth-order valence-corrected chi connectivity index (χ4v) is 5.25. The van der Waals surface area contributed by atoms with Crippen LogP contribution in [0, 0.1) is 11.3 Å². The number of fused-ring (bicyclic) bond motifs is 1. The summed E-state index contributed by atoms with van der Waals surface area (Å²) in [5.74, 6) is 0.423. The van der Waals surface area contributed by atoms with Gasteiger partial charge in [-0.1, -0.05) is 26.0 Å². The average molecular weight is 465 g/mol. The van der Waals surface area contributed by atoms with Crippen molar-refractivity contribution < 1.29 is 9.53 Å². The van der Waals surface area contributed by atoms with Gasteiger partial charge in [-0.15, -0.1) is 22.7 Å². The molecule has 3 aromatic heterocycles. The predicted molar refractivity (Wildman–Crippen MR) is 129 cm³/mol. The lowest BCUT2D eigenvalue weighted by Crippen LogP contribution is -2.12. The largest absolute Gasteiger partial charge is 0.496 e. The van der Waals surface area contributed by atoms with Crippen molar-refractivity contribution in [2.24, 2.45) is 0 Å². The zero-order valence-corrected chi connectivity index (χ0v) is 19.2. The number of rotatable bonds is 5. The number of para-hydroxylation sites is 1. The molecule has 0 fully saturated rings. The van der Waals surface area contributed by atoms with Crippen molar-refractivity contribution >= 4 is 55.4 Å². The van der Waals surface area contributed by atoms with Crippen molar-refractivity contribution in [3.63, 3.8) is 0 Å². The van der Waals surface area contributed by atoms with E-state index in [-0.39, 0.29) is 17.4 Å². The Morgan fingerprint density at radius 1 is 1.25 bits per heavy atom. The van der Waals surface area contributed by atoms with E-state index in [2.05, 4.69) is 21.4 Å². The van der Waals surface area contributed by atoms with Gasteiger partial charge >= 0.3 is 0 Å². The number of hydrogen-bond donors (Lipinski definition) is 3. The maximum Gasteiger partial charge on any atom is 0.269 e. The van der Waals surface area contributed by atoms with Gasteiger partial charge in [-0.25, -0.2) is 9.97 Å². The summed E-state index contributed by atoms with van der Waals surface area (Å²) in [7, 11) is 1.60. The Bertz CT molecular complexity index is 1380. The summed E-state index contributed by atoms with van der Waals surface area (Å²) in [5.41, 5.74) is 15.2. The zero-order valence-electron chi connectivity index (χ0n) is 17.6. The summed E-state index contributed by atoms with van der Waals surface area (Å²) >= 11 is 2.45. The standard InChI is InChI=1S/C22H20N6O2S2/c1-10(2)15-12(8-23)19(25)27-21-16(15)17(24)18(32-21)20(29)28-22-26-13(9-31-22)11-6-4-5-7-14(11)30-3/h4-7,9-10H,24H2,1-3H3,(H2,25,27)(H,26,28,29). The highest BCUT2D eigenvalue weighted by molar-refractivity contribution is 7.21. The molecule has 32 heavy (non-hydrogen) atoms. The van der Waals surface area contributed by atoms with Gasteiger partial charge in [-0.05, 0) is 23.6 Å². The third-order valence-electron chi connectivity index (χ3n) is 4.95. The van der Waals surface area contributed by atoms with Gasteiger partial charge in [0.15, 0.2) is 5.13 Å². The van der Waals surface area contributed by atoms with Gasteiger partial charge in [0, 0.05) is 16.3 Å². The number of hydrogen-bond acceptors (Lipinski definition) is 9. The quantitative estimate of drug-likeness (QED) is 0.384. The van der Waals surface area contributed by atoms with E-state index in [0.717, 1.165) is 16.9 Å². The van der Waals surface area contributed by atoms with Crippen molar-refractivity contribution in [2.45, 2.75) is 19.8 Å². The van der Waals surface area contributed by atoms with Gasteiger partial charge in [0.05, 0.1) is 24.1 Å². The first kappa shape index (κ1) is 21.5. The minimum absolute atomic E-state index is 0.0207. The molecule has 0 radical (unpaired) electrons. The molecular weight excluding hydrogens is 444 g/mol. The number of nitrogens with two attached hydrogens (primary N) is 2. The molecule has 0 unspecified atom stereocenters. The number of carbonyl (C=O) groups excluding carboxylic acids is 1. The summed E-state index contributed by atoms with van der Waals surface area (Å²) in [4.78, 5) is 22.7. The molecule has 0 spiro atoms. The summed E-state index contributed by atoms with van der Waals surface area (Å²) in [6.45, 7) is 3.89. The average Bonchev–Trinajstić information content (AvgIpc) is 3.36. The van der Waals surface area contributed by atoms with Crippen LogP contribution in [0.1, 0.15) is 40.6 Å². The SMILES string of the molecule is COc1ccccc1-c1csc(NC(=O)c2sc3nc(N)c(C#N)c(C(C)C)c3c2N)n1. The third-order valence-corrected chi connectivity index (χ3v) is 6.80. The van der Waals surface area contributed by atoms with E-state index in [1.54, 1.807) is 7.11 Å². The lowest BCUT2D eigenvalue weighted by molar-refractivity contribution is 0.103. The van der Waals surface area contributed by atoms with E-state index >= 15 is 0 Å². The smallest absolute Gasteiger partial charge is 0.269 e. The number of nitrogens with one attached hydrogen (secondary N) is 1. The Morgan fingerprint density at radius 2 is 2.00 bits per heavy atom. The number of thiophene rings is 1. The second-order valence-electron chi connectivity index (χ2n) is 7.27. The van der Waals surface area contributed by atoms with Gasteiger partial charge < -0.3 is 16.2 Å². The molecule has 5 N–H and O–H groups in total. The highest BCUT2D eigenvalue weighted by Crippen LogP contribution is 2.41. The molecule has 0 aliphatic heterocycles. The number of nitriles is 1. The van der Waals surface area contributed by atoms with Crippen LogP contribution in [-0.2, 0) is 0 Å². The fourth-order valence-electron chi connectivity index (χ4n) is 3.53. The summed E-state index contributed by atoms with van der Waals surface area (Å²) < 4.78 is 5.39. The maximum atomic E-state index is 13.0. The highest BCUT2D eigenvalue weighted by Gasteiger charge is 2.25. The third kappa shape index (κ3) is 3.62. The number of nitrogen functional groups attached to an aromatic ring is 2. The van der Waals surface area contributed by atoms with E-state index in [1.807, 2.05) is 43.5 Å². The topological polar surface area (TPSA) is 140 Å². The van der Waals surface area contributed by atoms with Crippen molar-refractivity contribution in [3.8, 4) is 23.1 Å². The second-order valence-corrected chi connectivity index (χ2v) is 9.13. The van der Waals surface area contributed by atoms with Crippen molar-refractivity contribution in [2.75, 3.05) is 23.9 Å². The van der Waals surface area contributed by atoms with Gasteiger partial charge in [-0.3, -0.25) is 10.1 Å². The number of aromatic nitrogens is 2. The molecule has 0 aliphatic carbocycles. The van der Waals surface area contributed by atoms with E-state index in [4.69, 9.17) is 16.2 Å². The van der Waals surface area contributed by atoms with Crippen LogP contribution in [0.2, 0.25) is 0 Å². The molecule has 162 valence electrons. The highest BCUT2D eigenvalue weighted by atomic mass is 32.1. The molecule has 8 nitrogen and oxygen atoms in total. The number of pyridine rings is 1. The molecule has 1 amide bonds. The number of ether oxygens (including phenoxy) is 1. The fraction of sp³-hybridized carbons (Fsp3) is 0.182. The van der Waals surface area contributed by atoms with Crippen LogP contribution in [-0.4, -0.2) is 23.0 Å². The summed E-state index contributed by atoms with van der Waals surface area (Å²) in [5, 5.41) is 15.2. The number of anilines is 3. The summed E-state index contributed by atoms with van der Waals surface area (Å²) in [6, 6.07) is 9.65. The van der Waals surface area contributed by atoms with E-state index < -0.39 is 5.91 Å². The molecule has 0 saturated carbocycles. The van der Waals surface area contributed by atoms with Crippen LogP contribution in [0.25, 0.3) is 21.5 Å². The van der Waals surface area contributed by atoms with Crippen LogP contribution in [0.4, 0.5) is 16.6 Å². The first-order chi connectivity index (χ1) is 15.3. The predicted octanol–water partition coefficient (Wildman–Crippen LogP) is 4.84. The van der Waals surface area contributed by atoms with Crippen molar-refractivity contribution in [1.29, 1.82) is 5.26 Å². The van der Waals surface area contributed by atoms with Crippen molar-refractivity contribution in [1.82, 2.24) is 9.97 Å². The van der Waals surface area contributed by atoms with Gasteiger partial charge in [-0.2, -0.15) is 5.26 Å². The Morgan fingerprint density at radius 3 is 2.69 bits per heavy atom. The second kappa shape index (κ2) is 8.45. The molecule has 0 saturated heterocycles. The number of nitrogens with zero attached hydrogens (tertiary/aromatic N) is 3. The molecular formula is C22H20N6O2S2. The maximum absolute atomic E-state index is 13.0. The number of thiazole rings is 1. The van der Waals surface area contributed by atoms with Crippen LogP contribution in [0.15, 0.2) is 29.6 Å². The molecule has 0 bridgehead atoms. The van der Waals surface area contributed by atoms with E-state index in [1.165, 1.54) is 11.3 Å². The summed E-state index contributed by atoms with van der Waals surface area (Å²) in [6.07, 6.45) is 0. The van der Waals surface area contributed by atoms with Crippen LogP contribution >= 0.6 is 22.7 Å². The lowest BCUT2D eigenvalue weighted by Gasteiger charge is -2.12. The first-order valence-electron chi connectivity index (χ1n) is 9.67. The molecule has 10 heteroatoms. The number of methoxy groups -OCH3 is 1. The van der Waals surface area contributed by atoms with E-state index in [0.29, 0.717) is 42.8 Å². The molecule has 4 aromatic rings. The molecule has 4 rings (SSSR count). The van der Waals surface area contributed by atoms with Gasteiger partial charge in [0.1, 0.15) is 27.3 Å². The Kier molecular flexibility index (Phi) is 5.69. The molecule has 0 aliphatic rings. The Balaban J connectivity index is 1.70. The van der Waals surface area contributed by atoms with Gasteiger partial charge in [0.2, 0.25) is 0 Å². The van der Waals surface area contributed by atoms with Crippen LogP contribution < -0.4 is 21.5 Å². The Labute approximate surface area is 192 Å². The number of carbonyl (C=O) groups is 1. The zero-order chi connectivity index (χ0) is 23.0. The minimum atomic E-state index is -0.391. The lowest BCUT2D eigenvalue weighted by atomic mass is 9.95. The van der Waals surface area contributed by atoms with Crippen LogP contribution in [0.3, 0.4) is 0 Å². The normalized spacial score (nSPS) is 11.0. The van der Waals surface area contributed by atoms with Crippen molar-refractivity contribution in [3.05, 3.63) is 45.6 Å².